The number of ether oxygens (including phenoxy) is 2. The first kappa shape index (κ1) is 24.7. The normalized spacial score (nSPS) is 25.7. The quantitative estimate of drug-likeness (QED) is 0.0925. The number of benzene rings is 1. The Morgan fingerprint density at radius 3 is 2.26 bits per heavy atom. The summed E-state index contributed by atoms with van der Waals surface area (Å²) < 4.78 is 65.5. The Balaban J connectivity index is 1.93. The summed E-state index contributed by atoms with van der Waals surface area (Å²) in [5, 5.41) is 42.7. The van der Waals surface area contributed by atoms with Gasteiger partial charge in [0, 0.05) is 11.5 Å². The summed E-state index contributed by atoms with van der Waals surface area (Å²) in [6.45, 7) is -1.19. The first-order chi connectivity index (χ1) is 14.6. The highest BCUT2D eigenvalue weighted by Gasteiger charge is 2.43. The molecule has 1 aliphatic heterocycles. The molecule has 1 heterocycles. The predicted octanol–water partition coefficient (Wildman–Crippen LogP) is 0.121. The molecule has 0 aromatic heterocycles. The Bertz CT molecular complexity index is 840. The number of nitrogens with zero attached hydrogens (tertiary/aromatic N) is 3. The van der Waals surface area contributed by atoms with Crippen LogP contribution in [0.3, 0.4) is 0 Å². The van der Waals surface area contributed by atoms with Crippen LogP contribution in [0.1, 0.15) is 16.8 Å². The van der Waals surface area contributed by atoms with Crippen LogP contribution in [-0.4, -0.2) is 76.8 Å². The molecule has 5 atom stereocenters. The van der Waals surface area contributed by atoms with E-state index in [1.165, 1.54) is 0 Å². The molecule has 31 heavy (non-hydrogen) atoms. The van der Waals surface area contributed by atoms with Crippen molar-refractivity contribution in [3.63, 3.8) is 0 Å². The zero-order valence-corrected chi connectivity index (χ0v) is 15.6. The van der Waals surface area contributed by atoms with Crippen molar-refractivity contribution in [2.75, 3.05) is 19.8 Å². The number of rotatable bonds is 8. The van der Waals surface area contributed by atoms with Gasteiger partial charge in [-0.15, -0.1) is 0 Å². The molecule has 5 N–H and O–H groups in total. The van der Waals surface area contributed by atoms with Gasteiger partial charge in [-0.3, -0.25) is 4.79 Å². The summed E-state index contributed by atoms with van der Waals surface area (Å²) in [7, 11) is 0. The van der Waals surface area contributed by atoms with E-state index in [0.717, 1.165) is 0 Å². The lowest BCUT2D eigenvalue weighted by atomic mass is 9.99. The molecule has 2 rings (SSSR count). The average Bonchev–Trinajstić information content (AvgIpc) is 2.75. The molecule has 15 heteroatoms. The fraction of sp³-hybridized carbons (Fsp3) is 0.562. The van der Waals surface area contributed by atoms with Crippen LogP contribution in [0.5, 0.6) is 0 Å². The maximum Gasteiger partial charge on any atom is 0.257 e. The second-order valence-electron chi connectivity index (χ2n) is 6.35. The summed E-state index contributed by atoms with van der Waals surface area (Å²) in [4.78, 5) is 14.0. The molecule has 172 valence electrons. The second kappa shape index (κ2) is 10.7. The number of amides is 1. The summed E-state index contributed by atoms with van der Waals surface area (Å²) in [5.41, 5.74) is 5.08. The highest BCUT2D eigenvalue weighted by atomic mass is 19.2. The van der Waals surface area contributed by atoms with Gasteiger partial charge in [-0.05, 0) is 12.0 Å². The number of azide groups is 1. The maximum absolute atomic E-state index is 13.9. The molecule has 1 fully saturated rings. The van der Waals surface area contributed by atoms with Gasteiger partial charge >= 0.3 is 0 Å². The third-order valence-corrected chi connectivity index (χ3v) is 4.35. The highest BCUT2D eigenvalue weighted by Crippen LogP contribution is 2.30. The molecule has 1 amide bonds. The number of carbonyl (C=O) groups is 1. The van der Waals surface area contributed by atoms with E-state index in [-0.39, 0.29) is 19.6 Å². The molecule has 0 aliphatic carbocycles. The smallest absolute Gasteiger partial charge is 0.257 e. The highest BCUT2D eigenvalue weighted by molar-refractivity contribution is 5.95. The summed E-state index contributed by atoms with van der Waals surface area (Å²) >= 11 is 0. The van der Waals surface area contributed by atoms with Gasteiger partial charge in [-0.1, -0.05) is 5.11 Å². The minimum absolute atomic E-state index is 0.0359. The molecule has 1 aromatic rings. The van der Waals surface area contributed by atoms with Crippen molar-refractivity contribution in [2.45, 2.75) is 37.1 Å². The predicted molar refractivity (Wildman–Crippen MR) is 91.7 cm³/mol. The Kier molecular flexibility index (Phi) is 8.52. The molecular formula is C16H18F4N4O7. The topological polar surface area (TPSA) is 177 Å². The SMILES string of the molecule is [N-]=[N+]=Nc1c(F)c(F)c(C(=O)NCCCO[C@@H]2O[C@H](CO)[C@@H](O)[C@H](O)[C@H]2O)c(F)c1F. The molecule has 0 spiro atoms. The summed E-state index contributed by atoms with van der Waals surface area (Å²) in [5.74, 6) is -9.65. The zero-order valence-electron chi connectivity index (χ0n) is 15.6. The second-order valence-corrected chi connectivity index (χ2v) is 6.35. The van der Waals surface area contributed by atoms with Crippen molar-refractivity contribution in [1.29, 1.82) is 0 Å². The number of aliphatic hydroxyl groups is 4. The first-order valence-electron chi connectivity index (χ1n) is 8.77. The van der Waals surface area contributed by atoms with E-state index in [9.17, 15) is 37.7 Å². The van der Waals surface area contributed by atoms with Gasteiger partial charge in [0.2, 0.25) is 0 Å². The molecule has 1 aliphatic rings. The van der Waals surface area contributed by atoms with Gasteiger partial charge in [0.05, 0.1) is 13.2 Å². The Morgan fingerprint density at radius 1 is 1.10 bits per heavy atom. The fourth-order valence-electron chi connectivity index (χ4n) is 2.72. The van der Waals surface area contributed by atoms with Crippen molar-refractivity contribution in [1.82, 2.24) is 5.32 Å². The number of aliphatic hydroxyl groups excluding tert-OH is 4. The van der Waals surface area contributed by atoms with E-state index in [0.29, 0.717) is 0 Å². The van der Waals surface area contributed by atoms with Gasteiger partial charge in [0.1, 0.15) is 35.7 Å². The maximum atomic E-state index is 13.9. The molecule has 1 saturated heterocycles. The molecule has 11 nitrogen and oxygen atoms in total. The van der Waals surface area contributed by atoms with Crippen LogP contribution in [0.4, 0.5) is 23.2 Å². The van der Waals surface area contributed by atoms with Gasteiger partial charge in [-0.25, -0.2) is 17.6 Å². The monoisotopic (exact) mass is 454 g/mol. The Morgan fingerprint density at radius 2 is 1.71 bits per heavy atom. The molecule has 0 bridgehead atoms. The Labute approximate surface area is 171 Å². The van der Waals surface area contributed by atoms with Crippen molar-refractivity contribution in [2.24, 2.45) is 5.11 Å². The van der Waals surface area contributed by atoms with Crippen LogP contribution in [0.25, 0.3) is 10.4 Å². The molecule has 0 radical (unpaired) electrons. The number of hydrogen-bond donors (Lipinski definition) is 5. The van der Waals surface area contributed by atoms with Crippen LogP contribution in [-0.2, 0) is 9.47 Å². The third kappa shape index (κ3) is 5.22. The van der Waals surface area contributed by atoms with Gasteiger partial charge in [0.25, 0.3) is 5.91 Å². The van der Waals surface area contributed by atoms with Crippen molar-refractivity contribution in [3.05, 3.63) is 39.3 Å². The zero-order chi connectivity index (χ0) is 23.3. The van der Waals surface area contributed by atoms with Crippen LogP contribution in [0, 0.1) is 23.3 Å². The van der Waals surface area contributed by atoms with Gasteiger partial charge in [0.15, 0.2) is 29.6 Å². The van der Waals surface area contributed by atoms with Crippen molar-refractivity contribution in [3.8, 4) is 0 Å². The van der Waals surface area contributed by atoms with E-state index in [4.69, 9.17) is 20.1 Å². The van der Waals surface area contributed by atoms with Crippen LogP contribution < -0.4 is 5.32 Å². The molecule has 0 unspecified atom stereocenters. The minimum Gasteiger partial charge on any atom is -0.394 e. The van der Waals surface area contributed by atoms with Crippen LogP contribution >= 0.6 is 0 Å². The van der Waals surface area contributed by atoms with E-state index in [2.05, 4.69) is 5.11 Å². The van der Waals surface area contributed by atoms with Crippen molar-refractivity contribution < 1.29 is 52.3 Å². The van der Waals surface area contributed by atoms with E-state index >= 15 is 0 Å². The van der Waals surface area contributed by atoms with E-state index in [1.807, 2.05) is 10.2 Å². The average molecular weight is 454 g/mol. The van der Waals surface area contributed by atoms with E-state index in [1.54, 1.807) is 0 Å². The van der Waals surface area contributed by atoms with Crippen molar-refractivity contribution >= 4 is 11.6 Å². The minimum atomic E-state index is -2.05. The lowest BCUT2D eigenvalue weighted by Crippen LogP contribution is -2.59. The number of halogens is 4. The molecular weight excluding hydrogens is 436 g/mol. The number of carbonyl (C=O) groups excluding carboxylic acids is 1. The van der Waals surface area contributed by atoms with E-state index < -0.39 is 77.7 Å². The number of nitrogens with one attached hydrogen (secondary N) is 1. The summed E-state index contributed by atoms with van der Waals surface area (Å²) in [6.07, 6.45) is -7.51. The lowest BCUT2D eigenvalue weighted by molar-refractivity contribution is -0.301. The molecule has 1 aromatic carbocycles. The lowest BCUT2D eigenvalue weighted by Gasteiger charge is -2.39. The van der Waals surface area contributed by atoms with Gasteiger partial charge < -0.3 is 35.2 Å². The third-order valence-electron chi connectivity index (χ3n) is 4.35. The van der Waals surface area contributed by atoms with Crippen LogP contribution in [0.15, 0.2) is 5.11 Å². The van der Waals surface area contributed by atoms with Crippen LogP contribution in [0.2, 0.25) is 0 Å². The molecule has 0 saturated carbocycles. The standard InChI is InChI=1S/C16H18F4N4O7/c17-7-6(8(18)10(20)11(9(7)19)23-24-21)15(29)22-2-1-3-30-16-14(28)13(27)12(26)5(4-25)31-16/h5,12-14,16,25-28H,1-4H2,(H,22,29)/t5-,12-,13+,14-,16-/m1/s1. The van der Waals surface area contributed by atoms with Gasteiger partial charge in [-0.2, -0.15) is 0 Å². The summed E-state index contributed by atoms with van der Waals surface area (Å²) in [6, 6.07) is 0. The fourth-order valence-corrected chi connectivity index (χ4v) is 2.72. The Hall–Kier alpha value is -2.52. The largest absolute Gasteiger partial charge is 0.394 e. The number of hydrogen-bond acceptors (Lipinski definition) is 8. The first-order valence-corrected chi connectivity index (χ1v) is 8.77.